The maximum absolute atomic E-state index is 12.8. The average molecular weight is 1150 g/mol. The molecule has 83 heavy (non-hydrogen) atoms. The molecule has 0 aromatic rings. The van der Waals surface area contributed by atoms with Gasteiger partial charge in [-0.15, -0.1) is 0 Å². The van der Waals surface area contributed by atoms with Crippen molar-refractivity contribution < 1.29 is 28.6 Å². The highest BCUT2D eigenvalue weighted by Gasteiger charge is 2.19. The largest absolute Gasteiger partial charge is 0.462 e. The number of esters is 3. The molecule has 0 radical (unpaired) electrons. The van der Waals surface area contributed by atoms with Crippen molar-refractivity contribution >= 4 is 17.9 Å². The van der Waals surface area contributed by atoms with Crippen LogP contribution in [0.4, 0.5) is 0 Å². The van der Waals surface area contributed by atoms with E-state index in [1.807, 2.05) is 0 Å². The third-order valence-corrected chi connectivity index (χ3v) is 14.0. The van der Waals surface area contributed by atoms with Gasteiger partial charge in [0.05, 0.1) is 0 Å². The molecular weight excluding hydrogens is 1020 g/mol. The average Bonchev–Trinajstić information content (AvgIpc) is 3.48. The van der Waals surface area contributed by atoms with Gasteiger partial charge in [-0.25, -0.2) is 0 Å². The van der Waals surface area contributed by atoms with E-state index in [0.29, 0.717) is 19.3 Å². The Labute approximate surface area is 511 Å². The molecule has 0 heterocycles. The van der Waals surface area contributed by atoms with E-state index in [0.717, 1.165) is 167 Å². The van der Waals surface area contributed by atoms with E-state index in [-0.39, 0.29) is 31.1 Å². The molecular formula is C77H124O6. The first-order valence-corrected chi connectivity index (χ1v) is 34.0. The fraction of sp³-hybridized carbons (Fsp3) is 0.623. The van der Waals surface area contributed by atoms with Gasteiger partial charge >= 0.3 is 17.9 Å². The van der Waals surface area contributed by atoms with Gasteiger partial charge in [0, 0.05) is 19.3 Å². The zero-order chi connectivity index (χ0) is 59.9. The number of hydrogen-bond donors (Lipinski definition) is 0. The van der Waals surface area contributed by atoms with Gasteiger partial charge < -0.3 is 14.2 Å². The molecule has 0 saturated heterocycles. The van der Waals surface area contributed by atoms with Crippen molar-refractivity contribution in [2.24, 2.45) is 0 Å². The van der Waals surface area contributed by atoms with Crippen LogP contribution in [0.25, 0.3) is 0 Å². The fourth-order valence-corrected chi connectivity index (χ4v) is 9.01. The summed E-state index contributed by atoms with van der Waals surface area (Å²) < 4.78 is 16.8. The number of rotatable bonds is 60. The summed E-state index contributed by atoms with van der Waals surface area (Å²) >= 11 is 0. The zero-order valence-corrected chi connectivity index (χ0v) is 53.7. The highest BCUT2D eigenvalue weighted by molar-refractivity contribution is 5.71. The van der Waals surface area contributed by atoms with Crippen LogP contribution in [0.5, 0.6) is 0 Å². The molecule has 0 saturated carbocycles. The van der Waals surface area contributed by atoms with Crippen molar-refractivity contribution in [2.75, 3.05) is 13.2 Å². The lowest BCUT2D eigenvalue weighted by Crippen LogP contribution is -2.30. The summed E-state index contributed by atoms with van der Waals surface area (Å²) in [5.74, 6) is -0.932. The van der Waals surface area contributed by atoms with Crippen molar-refractivity contribution in [3.63, 3.8) is 0 Å². The number of ether oxygens (including phenoxy) is 3. The molecule has 1 atom stereocenters. The van der Waals surface area contributed by atoms with Crippen LogP contribution in [0.1, 0.15) is 290 Å². The summed E-state index contributed by atoms with van der Waals surface area (Å²) in [6.45, 7) is 6.31. The molecule has 0 N–H and O–H groups in total. The maximum atomic E-state index is 12.8. The summed E-state index contributed by atoms with van der Waals surface area (Å²) in [5.41, 5.74) is 0. The monoisotopic (exact) mass is 1140 g/mol. The standard InChI is InChI=1S/C77H124O6/c1-4-7-10-13-15-17-19-21-23-25-27-29-31-33-35-37-38-40-41-43-45-47-49-51-53-55-57-59-61-64-67-70-76(79)82-73-74(72-81-75(78)69-66-63-12-9-6-3)83-77(80)71-68-65-62-60-58-56-54-52-50-48-46-44-42-39-36-34-32-30-28-26-24-22-20-18-16-14-11-8-5-2/h7-8,10-11,15-18,21-24,27-30,33-36,42,44,48,50,54,56,74H,4-6,9,12-14,19-20,25-26,31-32,37-41,43,45-47,49,51-53,55,57-73H2,1-3H3/b10-7-,11-8-,17-15-,18-16-,23-21-,24-22-,29-27-,30-28-,35-33-,36-34-,44-42-,50-48-,56-54-. The second-order valence-electron chi connectivity index (χ2n) is 22.0. The van der Waals surface area contributed by atoms with E-state index in [1.54, 1.807) is 0 Å². The van der Waals surface area contributed by atoms with Crippen molar-refractivity contribution in [3.8, 4) is 0 Å². The minimum atomic E-state index is -0.795. The Morgan fingerprint density at radius 2 is 0.470 bits per heavy atom. The quantitative estimate of drug-likeness (QED) is 0.0261. The number of carbonyl (C=O) groups excluding carboxylic acids is 3. The van der Waals surface area contributed by atoms with Crippen LogP contribution in [0.2, 0.25) is 0 Å². The molecule has 0 spiro atoms. The predicted molar refractivity (Wildman–Crippen MR) is 362 cm³/mol. The lowest BCUT2D eigenvalue weighted by Gasteiger charge is -2.18. The van der Waals surface area contributed by atoms with Crippen LogP contribution in [-0.2, 0) is 28.6 Å². The summed E-state index contributed by atoms with van der Waals surface area (Å²) in [5, 5.41) is 0. The van der Waals surface area contributed by atoms with Crippen LogP contribution < -0.4 is 0 Å². The molecule has 0 aliphatic carbocycles. The first-order valence-electron chi connectivity index (χ1n) is 34.0. The van der Waals surface area contributed by atoms with E-state index in [9.17, 15) is 14.4 Å². The normalized spacial score (nSPS) is 13.1. The molecule has 468 valence electrons. The maximum Gasteiger partial charge on any atom is 0.306 e. The molecule has 6 heteroatoms. The fourth-order valence-electron chi connectivity index (χ4n) is 9.01. The summed E-state index contributed by atoms with van der Waals surface area (Å²) in [6, 6.07) is 0. The Balaban J connectivity index is 4.09. The summed E-state index contributed by atoms with van der Waals surface area (Å²) in [7, 11) is 0. The van der Waals surface area contributed by atoms with E-state index < -0.39 is 6.10 Å². The van der Waals surface area contributed by atoms with Crippen LogP contribution in [0.3, 0.4) is 0 Å². The summed E-state index contributed by atoms with van der Waals surface area (Å²) in [4.78, 5) is 38.0. The molecule has 0 aromatic heterocycles. The highest BCUT2D eigenvalue weighted by Crippen LogP contribution is 2.16. The lowest BCUT2D eigenvalue weighted by molar-refractivity contribution is -0.167. The second kappa shape index (κ2) is 69.5. The molecule has 0 amide bonds. The Morgan fingerprint density at radius 3 is 0.735 bits per heavy atom. The lowest BCUT2D eigenvalue weighted by atomic mass is 10.0. The molecule has 0 aliphatic heterocycles. The number of unbranched alkanes of at least 4 members (excludes halogenated alkanes) is 23. The smallest absolute Gasteiger partial charge is 0.306 e. The first kappa shape index (κ1) is 78.0. The van der Waals surface area contributed by atoms with Crippen molar-refractivity contribution in [1.82, 2.24) is 0 Å². The van der Waals surface area contributed by atoms with Crippen molar-refractivity contribution in [3.05, 3.63) is 158 Å². The van der Waals surface area contributed by atoms with Crippen molar-refractivity contribution in [2.45, 2.75) is 297 Å². The van der Waals surface area contributed by atoms with E-state index in [2.05, 4.69) is 179 Å². The minimum absolute atomic E-state index is 0.0924. The second-order valence-corrected chi connectivity index (χ2v) is 22.0. The SMILES string of the molecule is CC/C=C\C/C=C\C/C=C\C/C=C\C/C=C\C/C=C\C/C=C\C/C=C\CCCCCCC(=O)OC(COC(=O)CCCCCCC)COC(=O)CCCCCCCCCCCCCCCCC/C=C\C/C=C\C/C=C\C/C=C\C/C=C\CC. The Morgan fingerprint density at radius 1 is 0.253 bits per heavy atom. The van der Waals surface area contributed by atoms with Crippen LogP contribution in [0, 0.1) is 0 Å². The summed E-state index contributed by atoms with van der Waals surface area (Å²) in [6.07, 6.45) is 102. The van der Waals surface area contributed by atoms with Crippen molar-refractivity contribution in [1.29, 1.82) is 0 Å². The number of carbonyl (C=O) groups is 3. The molecule has 6 nitrogen and oxygen atoms in total. The molecule has 0 bridgehead atoms. The van der Waals surface area contributed by atoms with Crippen LogP contribution in [-0.4, -0.2) is 37.2 Å². The van der Waals surface area contributed by atoms with Gasteiger partial charge in [-0.2, -0.15) is 0 Å². The van der Waals surface area contributed by atoms with Gasteiger partial charge in [-0.05, 0) is 128 Å². The molecule has 0 aliphatic rings. The number of allylic oxidation sites excluding steroid dienone is 26. The minimum Gasteiger partial charge on any atom is -0.462 e. The van der Waals surface area contributed by atoms with Crippen LogP contribution in [0.15, 0.2) is 158 Å². The Bertz CT molecular complexity index is 1840. The zero-order valence-electron chi connectivity index (χ0n) is 53.7. The van der Waals surface area contributed by atoms with Gasteiger partial charge in [0.2, 0.25) is 0 Å². The van der Waals surface area contributed by atoms with E-state index in [4.69, 9.17) is 14.2 Å². The number of hydrogen-bond acceptors (Lipinski definition) is 6. The van der Waals surface area contributed by atoms with Gasteiger partial charge in [0.25, 0.3) is 0 Å². The topological polar surface area (TPSA) is 78.9 Å². The third kappa shape index (κ3) is 67.7. The van der Waals surface area contributed by atoms with Gasteiger partial charge in [0.1, 0.15) is 13.2 Å². The molecule has 1 unspecified atom stereocenters. The molecule has 0 aromatic carbocycles. The van der Waals surface area contributed by atoms with Crippen LogP contribution >= 0.6 is 0 Å². The highest BCUT2D eigenvalue weighted by atomic mass is 16.6. The molecule has 0 rings (SSSR count). The van der Waals surface area contributed by atoms with E-state index in [1.165, 1.54) is 83.5 Å². The Kier molecular flexibility index (Phi) is 65.4. The molecule has 0 fully saturated rings. The van der Waals surface area contributed by atoms with Gasteiger partial charge in [0.15, 0.2) is 6.10 Å². The van der Waals surface area contributed by atoms with E-state index >= 15 is 0 Å². The first-order chi connectivity index (χ1) is 41.0. The predicted octanol–water partition coefficient (Wildman–Crippen LogP) is 23.7. The van der Waals surface area contributed by atoms with Gasteiger partial charge in [-0.1, -0.05) is 301 Å². The Hall–Kier alpha value is -4.97. The van der Waals surface area contributed by atoms with Gasteiger partial charge in [-0.3, -0.25) is 14.4 Å². The third-order valence-electron chi connectivity index (χ3n) is 14.0.